The Bertz CT molecular complexity index is 421. The van der Waals surface area contributed by atoms with Crippen LogP contribution >= 0.6 is 0 Å². The Morgan fingerprint density at radius 3 is 2.71 bits per heavy atom. The number of hydrogen-bond donors (Lipinski definition) is 1. The van der Waals surface area contributed by atoms with Crippen molar-refractivity contribution in [3.8, 4) is 11.5 Å². The van der Waals surface area contributed by atoms with Gasteiger partial charge in [-0.3, -0.25) is 4.98 Å². The van der Waals surface area contributed by atoms with E-state index in [9.17, 15) is 0 Å². The monoisotopic (exact) mass is 190 g/mol. The SMILES string of the molecule is Cc1cc(-c2cnc(CN)cn2)on1. The van der Waals surface area contributed by atoms with Gasteiger partial charge >= 0.3 is 0 Å². The first-order valence-corrected chi connectivity index (χ1v) is 4.24. The smallest absolute Gasteiger partial charge is 0.187 e. The van der Waals surface area contributed by atoms with E-state index >= 15 is 0 Å². The van der Waals surface area contributed by atoms with Gasteiger partial charge in [-0.05, 0) is 6.92 Å². The highest BCUT2D eigenvalue weighted by atomic mass is 16.5. The topological polar surface area (TPSA) is 77.8 Å². The number of aryl methyl sites for hydroxylation is 1. The molecule has 0 aliphatic carbocycles. The second-order valence-corrected chi connectivity index (χ2v) is 2.93. The van der Waals surface area contributed by atoms with E-state index < -0.39 is 0 Å². The van der Waals surface area contributed by atoms with Crippen molar-refractivity contribution in [1.82, 2.24) is 15.1 Å². The van der Waals surface area contributed by atoms with Gasteiger partial charge in [0.2, 0.25) is 0 Å². The molecule has 0 radical (unpaired) electrons. The van der Waals surface area contributed by atoms with Crippen LogP contribution in [0.1, 0.15) is 11.4 Å². The minimum Gasteiger partial charge on any atom is -0.354 e. The number of nitrogens with two attached hydrogens (primary N) is 1. The maximum atomic E-state index is 5.40. The van der Waals surface area contributed by atoms with Crippen molar-refractivity contribution in [3.05, 3.63) is 29.8 Å². The predicted octanol–water partition coefficient (Wildman–Crippen LogP) is 0.899. The third-order valence-electron chi connectivity index (χ3n) is 1.79. The van der Waals surface area contributed by atoms with E-state index in [2.05, 4.69) is 15.1 Å². The lowest BCUT2D eigenvalue weighted by Crippen LogP contribution is -2.00. The van der Waals surface area contributed by atoms with E-state index in [4.69, 9.17) is 10.3 Å². The maximum absolute atomic E-state index is 5.40. The Morgan fingerprint density at radius 2 is 2.21 bits per heavy atom. The van der Waals surface area contributed by atoms with Gasteiger partial charge in [0.15, 0.2) is 5.76 Å². The van der Waals surface area contributed by atoms with Crippen molar-refractivity contribution < 1.29 is 4.52 Å². The summed E-state index contributed by atoms with van der Waals surface area (Å²) in [6.07, 6.45) is 3.26. The molecule has 0 fully saturated rings. The Morgan fingerprint density at radius 1 is 1.36 bits per heavy atom. The highest BCUT2D eigenvalue weighted by molar-refractivity contribution is 5.50. The molecule has 14 heavy (non-hydrogen) atoms. The van der Waals surface area contributed by atoms with Crippen molar-refractivity contribution in [1.29, 1.82) is 0 Å². The molecule has 0 aromatic carbocycles. The summed E-state index contributed by atoms with van der Waals surface area (Å²) < 4.78 is 5.04. The van der Waals surface area contributed by atoms with Gasteiger partial charge in [-0.2, -0.15) is 0 Å². The Hall–Kier alpha value is -1.75. The summed E-state index contributed by atoms with van der Waals surface area (Å²) in [5, 5.41) is 3.77. The molecule has 2 rings (SSSR count). The van der Waals surface area contributed by atoms with Crippen LogP contribution in [0, 0.1) is 6.92 Å². The average molecular weight is 190 g/mol. The molecule has 72 valence electrons. The summed E-state index contributed by atoms with van der Waals surface area (Å²) in [7, 11) is 0. The van der Waals surface area contributed by atoms with Crippen molar-refractivity contribution in [2.75, 3.05) is 0 Å². The number of rotatable bonds is 2. The van der Waals surface area contributed by atoms with Crippen LogP contribution in [0.3, 0.4) is 0 Å². The van der Waals surface area contributed by atoms with Gasteiger partial charge in [0, 0.05) is 12.6 Å². The highest BCUT2D eigenvalue weighted by Crippen LogP contribution is 2.16. The van der Waals surface area contributed by atoms with Crippen LogP contribution < -0.4 is 5.73 Å². The molecule has 0 bridgehead atoms. The standard InChI is InChI=1S/C9H10N4O/c1-6-2-9(14-13-6)8-5-11-7(3-10)4-12-8/h2,4-5H,3,10H2,1H3. The van der Waals surface area contributed by atoms with Crippen LogP contribution in [-0.4, -0.2) is 15.1 Å². The molecule has 0 amide bonds. The minimum absolute atomic E-state index is 0.392. The number of hydrogen-bond acceptors (Lipinski definition) is 5. The molecule has 2 aromatic heterocycles. The number of nitrogens with zero attached hydrogens (tertiary/aromatic N) is 3. The van der Waals surface area contributed by atoms with Crippen LogP contribution in [0.25, 0.3) is 11.5 Å². The number of aromatic nitrogens is 3. The van der Waals surface area contributed by atoms with Crippen molar-refractivity contribution >= 4 is 0 Å². The summed E-state index contributed by atoms with van der Waals surface area (Å²) in [6.45, 7) is 2.25. The van der Waals surface area contributed by atoms with E-state index in [1.54, 1.807) is 12.4 Å². The van der Waals surface area contributed by atoms with Gasteiger partial charge in [-0.25, -0.2) is 4.98 Å². The van der Waals surface area contributed by atoms with Gasteiger partial charge in [0.25, 0.3) is 0 Å². The quantitative estimate of drug-likeness (QED) is 0.761. The molecule has 2 N–H and O–H groups in total. The first-order chi connectivity index (χ1) is 6.79. The molecule has 0 atom stereocenters. The molecule has 0 spiro atoms. The third kappa shape index (κ3) is 1.62. The van der Waals surface area contributed by atoms with Crippen molar-refractivity contribution in [3.63, 3.8) is 0 Å². The van der Waals surface area contributed by atoms with Crippen LogP contribution in [0.4, 0.5) is 0 Å². The van der Waals surface area contributed by atoms with Gasteiger partial charge in [-0.15, -0.1) is 0 Å². The maximum Gasteiger partial charge on any atom is 0.187 e. The normalized spacial score (nSPS) is 10.4. The Balaban J connectivity index is 2.33. The fourth-order valence-corrected chi connectivity index (χ4v) is 1.07. The lowest BCUT2D eigenvalue weighted by Gasteiger charge is -1.95. The molecule has 0 saturated heterocycles. The molecular weight excluding hydrogens is 180 g/mol. The molecule has 0 aliphatic heterocycles. The molecule has 5 nitrogen and oxygen atoms in total. The molecular formula is C9H10N4O. The highest BCUT2D eigenvalue weighted by Gasteiger charge is 2.05. The first-order valence-electron chi connectivity index (χ1n) is 4.24. The fourth-order valence-electron chi connectivity index (χ4n) is 1.07. The van der Waals surface area contributed by atoms with E-state index in [0.717, 1.165) is 11.4 Å². The summed E-state index contributed by atoms with van der Waals surface area (Å²) >= 11 is 0. The van der Waals surface area contributed by atoms with Gasteiger partial charge in [0.05, 0.1) is 23.8 Å². The van der Waals surface area contributed by atoms with E-state index in [0.29, 0.717) is 18.0 Å². The van der Waals surface area contributed by atoms with Crippen LogP contribution in [-0.2, 0) is 6.54 Å². The van der Waals surface area contributed by atoms with Crippen molar-refractivity contribution in [2.45, 2.75) is 13.5 Å². The van der Waals surface area contributed by atoms with Crippen LogP contribution in [0.15, 0.2) is 23.0 Å². The fraction of sp³-hybridized carbons (Fsp3) is 0.222. The van der Waals surface area contributed by atoms with Gasteiger partial charge in [0.1, 0.15) is 5.69 Å². The van der Waals surface area contributed by atoms with Crippen LogP contribution in [0.2, 0.25) is 0 Å². The van der Waals surface area contributed by atoms with Gasteiger partial charge in [-0.1, -0.05) is 5.16 Å². The minimum atomic E-state index is 0.392. The van der Waals surface area contributed by atoms with E-state index in [1.165, 1.54) is 0 Å². The predicted molar refractivity (Wildman–Crippen MR) is 50.2 cm³/mol. The molecule has 0 saturated carbocycles. The molecule has 0 aliphatic rings. The molecule has 5 heteroatoms. The summed E-state index contributed by atoms with van der Waals surface area (Å²) in [6, 6.07) is 1.81. The first kappa shape index (κ1) is 8.83. The van der Waals surface area contributed by atoms with Gasteiger partial charge < -0.3 is 10.3 Å². The summed E-state index contributed by atoms with van der Waals surface area (Å²) in [5.74, 6) is 0.624. The Labute approximate surface area is 81.0 Å². The average Bonchev–Trinajstić information content (AvgIpc) is 2.65. The lowest BCUT2D eigenvalue weighted by molar-refractivity contribution is 0.425. The largest absolute Gasteiger partial charge is 0.354 e. The van der Waals surface area contributed by atoms with Crippen molar-refractivity contribution in [2.24, 2.45) is 5.73 Å². The van der Waals surface area contributed by atoms with E-state index in [1.807, 2.05) is 13.0 Å². The molecule has 2 heterocycles. The molecule has 0 unspecified atom stereocenters. The zero-order valence-corrected chi connectivity index (χ0v) is 7.77. The third-order valence-corrected chi connectivity index (χ3v) is 1.79. The summed E-state index contributed by atoms with van der Waals surface area (Å²) in [5.41, 5.74) is 7.65. The summed E-state index contributed by atoms with van der Waals surface area (Å²) in [4.78, 5) is 8.26. The second-order valence-electron chi connectivity index (χ2n) is 2.93. The second kappa shape index (κ2) is 3.55. The lowest BCUT2D eigenvalue weighted by atomic mass is 10.3. The van der Waals surface area contributed by atoms with Crippen LogP contribution in [0.5, 0.6) is 0 Å². The van der Waals surface area contributed by atoms with E-state index in [-0.39, 0.29) is 0 Å². The zero-order valence-electron chi connectivity index (χ0n) is 7.77. The zero-order chi connectivity index (χ0) is 9.97. The Kier molecular flexibility index (Phi) is 2.24. The molecule has 2 aromatic rings.